The molecule has 3 nitrogen and oxygen atoms in total. The third kappa shape index (κ3) is 2.93. The Morgan fingerprint density at radius 2 is 1.95 bits per heavy atom. The molecule has 3 aromatic rings. The van der Waals surface area contributed by atoms with Crippen molar-refractivity contribution in [2.75, 3.05) is 12.4 Å². The third-order valence-electron chi connectivity index (χ3n) is 3.25. The van der Waals surface area contributed by atoms with Crippen LogP contribution in [0.1, 0.15) is 5.69 Å². The number of aryl methyl sites for hydroxylation is 1. The summed E-state index contributed by atoms with van der Waals surface area (Å²) in [5.41, 5.74) is 3.81. The second-order valence-electron chi connectivity index (χ2n) is 4.83. The molecular formula is C17H15ClN2O. The van der Waals surface area contributed by atoms with Crippen LogP contribution in [-0.2, 0) is 0 Å². The maximum Gasteiger partial charge on any atom is 0.120 e. The molecule has 21 heavy (non-hydrogen) atoms. The molecule has 0 aliphatic heterocycles. The van der Waals surface area contributed by atoms with Gasteiger partial charge in [-0.25, -0.2) is 0 Å². The quantitative estimate of drug-likeness (QED) is 0.743. The van der Waals surface area contributed by atoms with Crippen molar-refractivity contribution in [3.05, 3.63) is 59.2 Å². The molecule has 0 unspecified atom stereocenters. The molecule has 1 aromatic heterocycles. The van der Waals surface area contributed by atoms with Crippen molar-refractivity contribution in [1.29, 1.82) is 0 Å². The minimum absolute atomic E-state index is 0.696. The Labute approximate surface area is 128 Å². The van der Waals surface area contributed by atoms with Crippen molar-refractivity contribution in [1.82, 2.24) is 4.98 Å². The minimum Gasteiger partial charge on any atom is -0.497 e. The largest absolute Gasteiger partial charge is 0.497 e. The van der Waals surface area contributed by atoms with Gasteiger partial charge in [0.15, 0.2) is 0 Å². The zero-order chi connectivity index (χ0) is 14.8. The lowest BCUT2D eigenvalue weighted by Crippen LogP contribution is -1.95. The van der Waals surface area contributed by atoms with Crippen molar-refractivity contribution in [3.63, 3.8) is 0 Å². The van der Waals surface area contributed by atoms with E-state index >= 15 is 0 Å². The smallest absolute Gasteiger partial charge is 0.120 e. The van der Waals surface area contributed by atoms with E-state index < -0.39 is 0 Å². The van der Waals surface area contributed by atoms with Gasteiger partial charge in [-0.15, -0.1) is 0 Å². The molecule has 0 aliphatic rings. The van der Waals surface area contributed by atoms with Crippen molar-refractivity contribution in [3.8, 4) is 5.75 Å². The van der Waals surface area contributed by atoms with Gasteiger partial charge in [0.25, 0.3) is 0 Å². The van der Waals surface area contributed by atoms with E-state index in [-0.39, 0.29) is 0 Å². The molecule has 0 fully saturated rings. The molecule has 106 valence electrons. The van der Waals surface area contributed by atoms with Crippen molar-refractivity contribution in [2.24, 2.45) is 0 Å². The van der Waals surface area contributed by atoms with Gasteiger partial charge in [0.05, 0.1) is 12.6 Å². The number of aromatic nitrogens is 1. The van der Waals surface area contributed by atoms with Crippen molar-refractivity contribution < 1.29 is 4.74 Å². The first-order valence-corrected chi connectivity index (χ1v) is 7.01. The van der Waals surface area contributed by atoms with Crippen LogP contribution in [0.15, 0.2) is 48.5 Å². The lowest BCUT2D eigenvalue weighted by atomic mass is 10.1. The first-order chi connectivity index (χ1) is 10.2. The van der Waals surface area contributed by atoms with Gasteiger partial charge in [-0.3, -0.25) is 4.98 Å². The standard InChI is InChI=1S/C17H15ClN2O/c1-11-8-17(15-9-12(18)6-7-16(15)19-11)20-13-4-3-5-14(10-13)21-2/h3-10H,1-2H3,(H,19,20). The van der Waals surface area contributed by atoms with E-state index in [2.05, 4.69) is 10.3 Å². The Hall–Kier alpha value is -2.26. The Bertz CT molecular complexity index is 802. The summed E-state index contributed by atoms with van der Waals surface area (Å²) in [7, 11) is 1.66. The SMILES string of the molecule is COc1cccc(Nc2cc(C)nc3ccc(Cl)cc23)c1. The van der Waals surface area contributed by atoms with Gasteiger partial charge in [0.2, 0.25) is 0 Å². The van der Waals surface area contributed by atoms with E-state index in [1.165, 1.54) is 0 Å². The Kier molecular flexibility index (Phi) is 3.67. The van der Waals surface area contributed by atoms with Crippen molar-refractivity contribution in [2.45, 2.75) is 6.92 Å². The summed E-state index contributed by atoms with van der Waals surface area (Å²) >= 11 is 6.11. The number of rotatable bonds is 3. The number of nitrogens with zero attached hydrogens (tertiary/aromatic N) is 1. The number of methoxy groups -OCH3 is 1. The van der Waals surface area contributed by atoms with Gasteiger partial charge in [0, 0.05) is 33.5 Å². The van der Waals surface area contributed by atoms with Gasteiger partial charge in [0.1, 0.15) is 5.75 Å². The fraction of sp³-hybridized carbons (Fsp3) is 0.118. The lowest BCUT2D eigenvalue weighted by molar-refractivity contribution is 0.415. The average Bonchev–Trinajstić information content (AvgIpc) is 2.48. The molecule has 0 radical (unpaired) electrons. The highest BCUT2D eigenvalue weighted by atomic mass is 35.5. The maximum atomic E-state index is 6.11. The normalized spacial score (nSPS) is 10.6. The summed E-state index contributed by atoms with van der Waals surface area (Å²) < 4.78 is 5.25. The number of anilines is 2. The zero-order valence-electron chi connectivity index (χ0n) is 11.9. The molecule has 0 atom stereocenters. The molecule has 1 heterocycles. The Balaban J connectivity index is 2.08. The Morgan fingerprint density at radius 1 is 1.10 bits per heavy atom. The van der Waals surface area contributed by atoms with Gasteiger partial charge in [-0.05, 0) is 43.3 Å². The Morgan fingerprint density at radius 3 is 2.76 bits per heavy atom. The molecule has 3 rings (SSSR count). The van der Waals surface area contributed by atoms with Crippen LogP contribution >= 0.6 is 11.6 Å². The third-order valence-corrected chi connectivity index (χ3v) is 3.48. The van der Waals surface area contributed by atoms with Gasteiger partial charge in [-0.2, -0.15) is 0 Å². The number of hydrogen-bond acceptors (Lipinski definition) is 3. The van der Waals surface area contributed by atoms with Crippen LogP contribution in [0.5, 0.6) is 5.75 Å². The number of benzene rings is 2. The first kappa shape index (κ1) is 13.7. The zero-order valence-corrected chi connectivity index (χ0v) is 12.6. The highest BCUT2D eigenvalue weighted by molar-refractivity contribution is 6.31. The molecule has 0 saturated heterocycles. The minimum atomic E-state index is 0.696. The van der Waals surface area contributed by atoms with E-state index in [1.807, 2.05) is 55.5 Å². The summed E-state index contributed by atoms with van der Waals surface area (Å²) in [6.07, 6.45) is 0. The van der Waals surface area contributed by atoms with Crippen LogP contribution in [0.25, 0.3) is 10.9 Å². The summed E-state index contributed by atoms with van der Waals surface area (Å²) in [6.45, 7) is 1.98. The highest BCUT2D eigenvalue weighted by Gasteiger charge is 2.06. The van der Waals surface area contributed by atoms with Gasteiger partial charge in [-0.1, -0.05) is 17.7 Å². The van der Waals surface area contributed by atoms with Gasteiger partial charge >= 0.3 is 0 Å². The topological polar surface area (TPSA) is 34.1 Å². The van der Waals surface area contributed by atoms with Crippen LogP contribution in [0.4, 0.5) is 11.4 Å². The number of hydrogen-bond donors (Lipinski definition) is 1. The molecule has 2 aromatic carbocycles. The molecule has 1 N–H and O–H groups in total. The molecule has 0 saturated carbocycles. The molecule has 0 amide bonds. The summed E-state index contributed by atoms with van der Waals surface area (Å²) in [5.74, 6) is 0.813. The van der Waals surface area contributed by atoms with E-state index in [1.54, 1.807) is 7.11 Å². The van der Waals surface area contributed by atoms with Crippen LogP contribution in [0.2, 0.25) is 5.02 Å². The number of halogens is 1. The summed E-state index contributed by atoms with van der Waals surface area (Å²) in [5, 5.41) is 5.10. The molecule has 0 spiro atoms. The summed E-state index contributed by atoms with van der Waals surface area (Å²) in [6, 6.07) is 15.5. The van der Waals surface area contributed by atoms with Crippen LogP contribution in [-0.4, -0.2) is 12.1 Å². The van der Waals surface area contributed by atoms with Crippen molar-refractivity contribution >= 4 is 33.9 Å². The highest BCUT2D eigenvalue weighted by Crippen LogP contribution is 2.29. The number of ether oxygens (including phenoxy) is 1. The van der Waals surface area contributed by atoms with Crippen LogP contribution < -0.4 is 10.1 Å². The fourth-order valence-corrected chi connectivity index (χ4v) is 2.46. The van der Waals surface area contributed by atoms with Crippen LogP contribution in [0, 0.1) is 6.92 Å². The first-order valence-electron chi connectivity index (χ1n) is 6.64. The predicted molar refractivity (Wildman–Crippen MR) is 87.8 cm³/mol. The maximum absolute atomic E-state index is 6.11. The number of fused-ring (bicyclic) bond motifs is 1. The second-order valence-corrected chi connectivity index (χ2v) is 5.27. The molecule has 4 heteroatoms. The lowest BCUT2D eigenvalue weighted by Gasteiger charge is -2.12. The van der Waals surface area contributed by atoms with E-state index in [4.69, 9.17) is 16.3 Å². The summed E-state index contributed by atoms with van der Waals surface area (Å²) in [4.78, 5) is 4.53. The van der Waals surface area contributed by atoms with Crippen LogP contribution in [0.3, 0.4) is 0 Å². The average molecular weight is 299 g/mol. The van der Waals surface area contributed by atoms with E-state index in [0.29, 0.717) is 5.02 Å². The predicted octanol–water partition coefficient (Wildman–Crippen LogP) is 4.95. The number of pyridine rings is 1. The van der Waals surface area contributed by atoms with Gasteiger partial charge < -0.3 is 10.1 Å². The monoisotopic (exact) mass is 298 g/mol. The fourth-order valence-electron chi connectivity index (χ4n) is 2.29. The molecule has 0 aliphatic carbocycles. The molecule has 0 bridgehead atoms. The number of nitrogens with one attached hydrogen (secondary N) is 1. The van der Waals surface area contributed by atoms with E-state index in [0.717, 1.165) is 33.7 Å². The molecular weight excluding hydrogens is 284 g/mol. The second kappa shape index (κ2) is 5.62. The van der Waals surface area contributed by atoms with E-state index in [9.17, 15) is 0 Å².